The third-order valence-corrected chi connectivity index (χ3v) is 12.7. The second-order valence-electron chi connectivity index (χ2n) is 15.9. The minimum atomic E-state index is 0.997. The first-order chi connectivity index (χ1) is 29.2. The number of benzene rings is 11. The van der Waals surface area contributed by atoms with Crippen molar-refractivity contribution in [1.82, 2.24) is 9.38 Å². The van der Waals surface area contributed by atoms with Crippen LogP contribution in [0.5, 0.6) is 0 Å². The summed E-state index contributed by atoms with van der Waals surface area (Å²) >= 11 is 0. The van der Waals surface area contributed by atoms with Gasteiger partial charge in [0.25, 0.3) is 0 Å². The molecule has 2 nitrogen and oxygen atoms in total. The maximum atomic E-state index is 5.25. The van der Waals surface area contributed by atoms with Crippen molar-refractivity contribution in [2.24, 2.45) is 0 Å². The van der Waals surface area contributed by atoms with E-state index in [1.54, 1.807) is 0 Å². The maximum Gasteiger partial charge on any atom is 0.147 e. The number of imidazole rings is 1. The van der Waals surface area contributed by atoms with Crippen LogP contribution in [0.25, 0.3) is 126 Å². The Bertz CT molecular complexity index is 3910. The molecule has 0 fully saturated rings. The molecule has 11 aromatic carbocycles. The van der Waals surface area contributed by atoms with Crippen LogP contribution in [0.1, 0.15) is 0 Å². The summed E-state index contributed by atoms with van der Waals surface area (Å²) in [4.78, 5) is 5.25. The average molecular weight is 747 g/mol. The summed E-state index contributed by atoms with van der Waals surface area (Å²) < 4.78 is 2.36. The Kier molecular flexibility index (Phi) is 6.76. The summed E-state index contributed by atoms with van der Waals surface area (Å²) in [6.07, 6.45) is 0. The third kappa shape index (κ3) is 4.78. The highest BCUT2D eigenvalue weighted by atomic mass is 15.0. The Morgan fingerprint density at radius 1 is 0.288 bits per heavy atom. The number of hydrogen-bond acceptors (Lipinski definition) is 1. The zero-order chi connectivity index (χ0) is 38.6. The molecule has 13 rings (SSSR count). The number of nitrogens with zero attached hydrogens (tertiary/aromatic N) is 2. The molecule has 0 aliphatic heterocycles. The van der Waals surface area contributed by atoms with Gasteiger partial charge in [0, 0.05) is 10.8 Å². The molecular formula is C57H34N2. The number of pyridine rings is 1. The zero-order valence-electron chi connectivity index (χ0n) is 32.0. The second kappa shape index (κ2) is 12.3. The molecule has 0 amide bonds. The van der Waals surface area contributed by atoms with E-state index in [0.29, 0.717) is 0 Å². The van der Waals surface area contributed by atoms with Crippen LogP contribution in [0.15, 0.2) is 206 Å². The lowest BCUT2D eigenvalue weighted by Crippen LogP contribution is -1.94. The van der Waals surface area contributed by atoms with Gasteiger partial charge in [-0.3, -0.25) is 4.40 Å². The SMILES string of the molecule is c1ccc2cc(-c3c4ccccc4c(-c4ccc5ccccc5c4)c4cc(-c5ccc6c(c5)c5ccc7ccccc7c5c5nc7ccccc7n65)ccc34)ccc2c1. The Labute approximate surface area is 339 Å². The van der Waals surface area contributed by atoms with Gasteiger partial charge in [-0.1, -0.05) is 164 Å². The van der Waals surface area contributed by atoms with Gasteiger partial charge in [-0.15, -0.1) is 0 Å². The predicted octanol–water partition coefficient (Wildman–Crippen LogP) is 15.6. The normalized spacial score (nSPS) is 12.1. The van der Waals surface area contributed by atoms with Crippen molar-refractivity contribution in [3.63, 3.8) is 0 Å². The van der Waals surface area contributed by atoms with E-state index in [0.717, 1.165) is 22.2 Å². The Hall–Kier alpha value is -7.81. The van der Waals surface area contributed by atoms with Crippen LogP contribution < -0.4 is 0 Å². The molecule has 0 aliphatic carbocycles. The number of para-hydroxylation sites is 2. The van der Waals surface area contributed by atoms with Gasteiger partial charge >= 0.3 is 0 Å². The summed E-state index contributed by atoms with van der Waals surface area (Å²) in [6, 6.07) is 76.1. The summed E-state index contributed by atoms with van der Waals surface area (Å²) in [5.74, 6) is 0. The molecule has 272 valence electrons. The fourth-order valence-electron chi connectivity index (χ4n) is 9.97. The lowest BCUT2D eigenvalue weighted by molar-refractivity contribution is 1.32. The highest BCUT2D eigenvalue weighted by Crippen LogP contribution is 2.46. The van der Waals surface area contributed by atoms with Crippen LogP contribution in [0.2, 0.25) is 0 Å². The molecule has 0 spiro atoms. The monoisotopic (exact) mass is 746 g/mol. The van der Waals surface area contributed by atoms with Gasteiger partial charge < -0.3 is 0 Å². The van der Waals surface area contributed by atoms with Crippen LogP contribution in [-0.4, -0.2) is 9.38 Å². The predicted molar refractivity (Wildman–Crippen MR) is 252 cm³/mol. The molecular weight excluding hydrogens is 713 g/mol. The molecule has 0 N–H and O–H groups in total. The first-order valence-corrected chi connectivity index (χ1v) is 20.4. The summed E-state index contributed by atoms with van der Waals surface area (Å²) in [6.45, 7) is 0. The van der Waals surface area contributed by atoms with E-state index in [4.69, 9.17) is 4.98 Å². The van der Waals surface area contributed by atoms with E-state index in [9.17, 15) is 0 Å². The smallest absolute Gasteiger partial charge is 0.147 e. The van der Waals surface area contributed by atoms with Crippen molar-refractivity contribution in [2.75, 3.05) is 0 Å². The van der Waals surface area contributed by atoms with Gasteiger partial charge in [0.05, 0.1) is 16.6 Å². The van der Waals surface area contributed by atoms with Crippen molar-refractivity contribution in [3.05, 3.63) is 206 Å². The molecule has 2 aromatic heterocycles. The summed E-state index contributed by atoms with van der Waals surface area (Å²) in [7, 11) is 0. The van der Waals surface area contributed by atoms with Crippen molar-refractivity contribution in [2.45, 2.75) is 0 Å². The molecule has 0 atom stereocenters. The zero-order valence-corrected chi connectivity index (χ0v) is 32.0. The molecule has 0 saturated carbocycles. The van der Waals surface area contributed by atoms with Gasteiger partial charge in [-0.05, 0) is 135 Å². The standard InChI is InChI=1S/C57H34N2/c1-3-14-38-31-42(23-21-35(38)11-1)54-45-17-7-8-18-46(45)55(43-24-22-36-12-2-4-15-39(36)32-43)50-34-40(26-29-48(50)54)41-27-30-52-49(33-41)47-28-25-37-13-5-6-16-44(37)56(47)57-58-51-19-9-10-20-53(51)59(52)57/h1-34H. The quantitative estimate of drug-likeness (QED) is 0.130. The molecule has 2 heterocycles. The molecule has 0 aliphatic rings. The molecule has 0 saturated heterocycles. The number of aromatic nitrogens is 2. The molecule has 2 heteroatoms. The van der Waals surface area contributed by atoms with E-state index < -0.39 is 0 Å². The lowest BCUT2D eigenvalue weighted by atomic mass is 9.84. The Morgan fingerprint density at radius 3 is 1.49 bits per heavy atom. The Balaban J connectivity index is 1.13. The lowest BCUT2D eigenvalue weighted by Gasteiger charge is -2.19. The molecule has 59 heavy (non-hydrogen) atoms. The van der Waals surface area contributed by atoms with Gasteiger partial charge in [0.1, 0.15) is 5.65 Å². The fraction of sp³-hybridized carbons (Fsp3) is 0. The highest BCUT2D eigenvalue weighted by Gasteiger charge is 2.20. The first-order valence-electron chi connectivity index (χ1n) is 20.4. The minimum absolute atomic E-state index is 0.997. The van der Waals surface area contributed by atoms with Crippen molar-refractivity contribution in [1.29, 1.82) is 0 Å². The third-order valence-electron chi connectivity index (χ3n) is 12.7. The van der Waals surface area contributed by atoms with E-state index in [2.05, 4.69) is 211 Å². The number of rotatable bonds is 3. The average Bonchev–Trinajstić information content (AvgIpc) is 3.70. The van der Waals surface area contributed by atoms with Crippen LogP contribution in [0, 0.1) is 0 Å². The maximum absolute atomic E-state index is 5.25. The number of hydrogen-bond donors (Lipinski definition) is 0. The van der Waals surface area contributed by atoms with Gasteiger partial charge in [-0.2, -0.15) is 0 Å². The molecule has 13 aromatic rings. The second-order valence-corrected chi connectivity index (χ2v) is 15.9. The molecule has 0 unspecified atom stereocenters. The largest absolute Gasteiger partial charge is 0.292 e. The molecule has 0 bridgehead atoms. The van der Waals surface area contributed by atoms with Crippen LogP contribution in [-0.2, 0) is 0 Å². The van der Waals surface area contributed by atoms with Gasteiger partial charge in [0.15, 0.2) is 0 Å². The summed E-state index contributed by atoms with van der Waals surface area (Å²) in [5.41, 5.74) is 11.6. The van der Waals surface area contributed by atoms with Gasteiger partial charge in [-0.25, -0.2) is 4.98 Å². The number of fused-ring (bicyclic) bond motifs is 14. The van der Waals surface area contributed by atoms with E-state index in [1.807, 2.05) is 0 Å². The van der Waals surface area contributed by atoms with Gasteiger partial charge in [0.2, 0.25) is 0 Å². The van der Waals surface area contributed by atoms with Crippen LogP contribution >= 0.6 is 0 Å². The van der Waals surface area contributed by atoms with E-state index in [-0.39, 0.29) is 0 Å². The van der Waals surface area contributed by atoms with Crippen molar-refractivity contribution >= 4 is 92.2 Å². The molecule has 0 radical (unpaired) electrons. The first kappa shape index (κ1) is 32.3. The van der Waals surface area contributed by atoms with Crippen molar-refractivity contribution < 1.29 is 0 Å². The summed E-state index contributed by atoms with van der Waals surface area (Å²) in [5, 5.41) is 16.0. The van der Waals surface area contributed by atoms with E-state index in [1.165, 1.54) is 103 Å². The Morgan fingerprint density at radius 2 is 0.780 bits per heavy atom. The van der Waals surface area contributed by atoms with E-state index >= 15 is 0 Å². The van der Waals surface area contributed by atoms with Crippen molar-refractivity contribution in [3.8, 4) is 33.4 Å². The minimum Gasteiger partial charge on any atom is -0.292 e. The van der Waals surface area contributed by atoms with Crippen LogP contribution in [0.4, 0.5) is 0 Å². The topological polar surface area (TPSA) is 17.3 Å². The highest BCUT2D eigenvalue weighted by molar-refractivity contribution is 6.25. The van der Waals surface area contributed by atoms with Crippen LogP contribution in [0.3, 0.4) is 0 Å². The fourth-order valence-corrected chi connectivity index (χ4v) is 9.97.